The van der Waals surface area contributed by atoms with E-state index in [4.69, 9.17) is 4.74 Å². The van der Waals surface area contributed by atoms with Gasteiger partial charge in [0.1, 0.15) is 11.9 Å². The summed E-state index contributed by atoms with van der Waals surface area (Å²) < 4.78 is 5.91. The summed E-state index contributed by atoms with van der Waals surface area (Å²) in [7, 11) is 0. The number of benzene rings is 1. The van der Waals surface area contributed by atoms with Crippen LogP contribution in [0.25, 0.3) is 10.9 Å². The lowest BCUT2D eigenvalue weighted by Crippen LogP contribution is -2.45. The Bertz CT molecular complexity index is 938. The zero-order chi connectivity index (χ0) is 17.8. The van der Waals surface area contributed by atoms with E-state index < -0.39 is 0 Å². The summed E-state index contributed by atoms with van der Waals surface area (Å²) in [5.41, 5.74) is 2.45. The Kier molecular flexibility index (Phi) is 4.63. The summed E-state index contributed by atoms with van der Waals surface area (Å²) in [5, 5.41) is 13.6. The van der Waals surface area contributed by atoms with Gasteiger partial charge in [0, 0.05) is 43.1 Å². The number of hydrogen-bond acceptors (Lipinski definition) is 6. The van der Waals surface area contributed by atoms with E-state index in [2.05, 4.69) is 26.3 Å². The molecule has 0 radical (unpaired) electrons. The second-order valence-electron chi connectivity index (χ2n) is 6.18. The molecule has 0 amide bonds. The van der Waals surface area contributed by atoms with E-state index in [0.29, 0.717) is 18.7 Å². The van der Waals surface area contributed by atoms with Crippen LogP contribution in [0.2, 0.25) is 0 Å². The minimum Gasteiger partial charge on any atom is -0.373 e. The first kappa shape index (κ1) is 16.3. The van der Waals surface area contributed by atoms with Gasteiger partial charge in [0.2, 0.25) is 0 Å². The standard InChI is InChI=1S/C20H19N5O/c21-12-15-6-7-18(17-4-3-9-23-20(15)17)25-10-11-26-16(14-25)13-24-19-5-1-2-8-22-19/h1-9,16H,10-11,13-14H2,(H,22,24). The van der Waals surface area contributed by atoms with Crippen molar-refractivity contribution in [2.24, 2.45) is 0 Å². The first-order chi connectivity index (χ1) is 12.8. The summed E-state index contributed by atoms with van der Waals surface area (Å²) in [4.78, 5) is 11.0. The van der Waals surface area contributed by atoms with E-state index in [0.717, 1.165) is 35.5 Å². The molecule has 0 aliphatic carbocycles. The molecular weight excluding hydrogens is 326 g/mol. The van der Waals surface area contributed by atoms with Gasteiger partial charge in [-0.2, -0.15) is 5.26 Å². The third-order valence-corrected chi connectivity index (χ3v) is 4.52. The second-order valence-corrected chi connectivity index (χ2v) is 6.18. The number of nitrogens with one attached hydrogen (secondary N) is 1. The van der Waals surface area contributed by atoms with Crippen molar-refractivity contribution in [3.05, 3.63) is 60.4 Å². The summed E-state index contributed by atoms with van der Waals surface area (Å²) in [6.45, 7) is 2.95. The summed E-state index contributed by atoms with van der Waals surface area (Å²) in [5.74, 6) is 0.848. The Balaban J connectivity index is 1.53. The molecule has 26 heavy (non-hydrogen) atoms. The van der Waals surface area contributed by atoms with Gasteiger partial charge >= 0.3 is 0 Å². The Morgan fingerprint density at radius 1 is 1.15 bits per heavy atom. The van der Waals surface area contributed by atoms with Crippen molar-refractivity contribution in [2.75, 3.05) is 36.5 Å². The molecule has 1 unspecified atom stereocenters. The average Bonchev–Trinajstić information content (AvgIpc) is 2.72. The van der Waals surface area contributed by atoms with Gasteiger partial charge in [-0.05, 0) is 36.4 Å². The second kappa shape index (κ2) is 7.38. The topological polar surface area (TPSA) is 74.1 Å². The fraction of sp³-hybridized carbons (Fsp3) is 0.250. The maximum absolute atomic E-state index is 9.32. The molecule has 0 spiro atoms. The van der Waals surface area contributed by atoms with Gasteiger partial charge in [0.05, 0.1) is 23.8 Å². The largest absolute Gasteiger partial charge is 0.373 e. The molecule has 1 aliphatic heterocycles. The number of aromatic nitrogens is 2. The highest BCUT2D eigenvalue weighted by molar-refractivity contribution is 5.95. The quantitative estimate of drug-likeness (QED) is 0.784. The van der Waals surface area contributed by atoms with Gasteiger partial charge < -0.3 is 15.0 Å². The number of morpholine rings is 1. The zero-order valence-electron chi connectivity index (χ0n) is 14.3. The number of hydrogen-bond donors (Lipinski definition) is 1. The van der Waals surface area contributed by atoms with Crippen molar-refractivity contribution < 1.29 is 4.74 Å². The van der Waals surface area contributed by atoms with Crippen LogP contribution in [-0.2, 0) is 4.74 Å². The lowest BCUT2D eigenvalue weighted by molar-refractivity contribution is 0.0493. The molecule has 3 heterocycles. The molecule has 1 N–H and O–H groups in total. The average molecular weight is 345 g/mol. The molecule has 1 aromatic carbocycles. The van der Waals surface area contributed by atoms with Crippen molar-refractivity contribution >= 4 is 22.4 Å². The molecule has 1 atom stereocenters. The molecule has 4 rings (SSSR count). The minimum absolute atomic E-state index is 0.0631. The predicted molar refractivity (Wildman–Crippen MR) is 101 cm³/mol. The van der Waals surface area contributed by atoms with Gasteiger partial charge in [-0.25, -0.2) is 4.98 Å². The molecular formula is C20H19N5O. The van der Waals surface area contributed by atoms with E-state index in [1.54, 1.807) is 12.4 Å². The molecule has 1 fully saturated rings. The molecule has 0 saturated carbocycles. The molecule has 6 heteroatoms. The third kappa shape index (κ3) is 3.30. The Hall–Kier alpha value is -3.17. The Morgan fingerprint density at radius 2 is 2.08 bits per heavy atom. The SMILES string of the molecule is N#Cc1ccc(N2CCOC(CNc3ccccn3)C2)c2cccnc12. The van der Waals surface area contributed by atoms with Crippen LogP contribution in [-0.4, -0.2) is 42.3 Å². The van der Waals surface area contributed by atoms with E-state index in [9.17, 15) is 5.26 Å². The number of fused-ring (bicyclic) bond motifs is 1. The highest BCUT2D eigenvalue weighted by atomic mass is 16.5. The number of rotatable bonds is 4. The third-order valence-electron chi connectivity index (χ3n) is 4.52. The number of nitriles is 1. The maximum Gasteiger partial charge on any atom is 0.125 e. The highest BCUT2D eigenvalue weighted by Crippen LogP contribution is 2.29. The fourth-order valence-corrected chi connectivity index (χ4v) is 3.27. The van der Waals surface area contributed by atoms with Crippen molar-refractivity contribution in [3.63, 3.8) is 0 Å². The van der Waals surface area contributed by atoms with Crippen molar-refractivity contribution in [1.82, 2.24) is 9.97 Å². The van der Waals surface area contributed by atoms with Crippen molar-refractivity contribution in [1.29, 1.82) is 5.26 Å². The first-order valence-corrected chi connectivity index (χ1v) is 8.64. The maximum atomic E-state index is 9.32. The molecule has 3 aromatic rings. The van der Waals surface area contributed by atoms with Gasteiger partial charge in [0.15, 0.2) is 0 Å². The monoisotopic (exact) mass is 345 g/mol. The molecule has 1 aliphatic rings. The van der Waals surface area contributed by atoms with Crippen molar-refractivity contribution in [2.45, 2.75) is 6.10 Å². The number of anilines is 2. The molecule has 6 nitrogen and oxygen atoms in total. The fourth-order valence-electron chi connectivity index (χ4n) is 3.27. The van der Waals surface area contributed by atoms with Gasteiger partial charge in [-0.1, -0.05) is 6.07 Å². The Morgan fingerprint density at radius 3 is 2.92 bits per heavy atom. The number of nitrogens with zero attached hydrogens (tertiary/aromatic N) is 4. The summed E-state index contributed by atoms with van der Waals surface area (Å²) >= 11 is 0. The summed E-state index contributed by atoms with van der Waals surface area (Å²) in [6, 6.07) is 15.8. The van der Waals surface area contributed by atoms with Crippen LogP contribution in [0.1, 0.15) is 5.56 Å². The highest BCUT2D eigenvalue weighted by Gasteiger charge is 2.22. The van der Waals surface area contributed by atoms with Gasteiger partial charge in [-0.3, -0.25) is 4.98 Å². The number of ether oxygens (including phenoxy) is 1. The van der Waals surface area contributed by atoms with Crippen LogP contribution in [0.3, 0.4) is 0 Å². The first-order valence-electron chi connectivity index (χ1n) is 8.64. The van der Waals surface area contributed by atoms with Crippen molar-refractivity contribution in [3.8, 4) is 6.07 Å². The number of pyridine rings is 2. The smallest absolute Gasteiger partial charge is 0.125 e. The van der Waals surface area contributed by atoms with Crippen LogP contribution >= 0.6 is 0 Å². The molecule has 2 aromatic heterocycles. The van der Waals surface area contributed by atoms with E-state index in [-0.39, 0.29) is 6.10 Å². The zero-order valence-corrected chi connectivity index (χ0v) is 14.3. The van der Waals surface area contributed by atoms with Crippen LogP contribution < -0.4 is 10.2 Å². The van der Waals surface area contributed by atoms with E-state index in [1.165, 1.54) is 0 Å². The van der Waals surface area contributed by atoms with E-state index in [1.807, 2.05) is 42.5 Å². The molecule has 130 valence electrons. The minimum atomic E-state index is 0.0631. The van der Waals surface area contributed by atoms with Crippen LogP contribution in [0.4, 0.5) is 11.5 Å². The normalized spacial score (nSPS) is 17.0. The van der Waals surface area contributed by atoms with Crippen LogP contribution in [0.5, 0.6) is 0 Å². The summed E-state index contributed by atoms with van der Waals surface area (Å²) in [6.07, 6.45) is 3.56. The lowest BCUT2D eigenvalue weighted by Gasteiger charge is -2.35. The van der Waals surface area contributed by atoms with E-state index >= 15 is 0 Å². The molecule has 1 saturated heterocycles. The van der Waals surface area contributed by atoms with Crippen LogP contribution in [0.15, 0.2) is 54.9 Å². The van der Waals surface area contributed by atoms with Gasteiger partial charge in [-0.15, -0.1) is 0 Å². The lowest BCUT2D eigenvalue weighted by atomic mass is 10.1. The molecule has 0 bridgehead atoms. The predicted octanol–water partition coefficient (Wildman–Crippen LogP) is 2.82. The van der Waals surface area contributed by atoms with Crippen LogP contribution in [0, 0.1) is 11.3 Å². The van der Waals surface area contributed by atoms with Gasteiger partial charge in [0.25, 0.3) is 0 Å². The Labute approximate surface area is 152 Å².